The van der Waals surface area contributed by atoms with Crippen LogP contribution >= 0.6 is 0 Å². The zero-order valence-electron chi connectivity index (χ0n) is 15.2. The number of aromatic hydroxyl groups is 1. The summed E-state index contributed by atoms with van der Waals surface area (Å²) in [5.41, 5.74) is 2.41. The largest absolute Gasteiger partial charge is 0.508 e. The average Bonchev–Trinajstić information content (AvgIpc) is 2.60. The molecular weight excluding hydrogens is 308 g/mol. The summed E-state index contributed by atoms with van der Waals surface area (Å²) in [6.45, 7) is 11.4. The van der Waals surface area contributed by atoms with Crippen molar-refractivity contribution < 1.29 is 5.11 Å². The van der Waals surface area contributed by atoms with Gasteiger partial charge in [-0.2, -0.15) is 0 Å². The van der Waals surface area contributed by atoms with E-state index < -0.39 is 0 Å². The molecule has 0 bridgehead atoms. The molecular formula is C22H28N2O. The van der Waals surface area contributed by atoms with Crippen molar-refractivity contribution in [1.29, 1.82) is 0 Å². The molecule has 0 radical (unpaired) electrons. The minimum absolute atomic E-state index is 0.150. The second kappa shape index (κ2) is 7.85. The van der Waals surface area contributed by atoms with E-state index >= 15 is 0 Å². The summed E-state index contributed by atoms with van der Waals surface area (Å²) in [7, 11) is 0. The van der Waals surface area contributed by atoms with E-state index in [4.69, 9.17) is 0 Å². The summed E-state index contributed by atoms with van der Waals surface area (Å²) < 4.78 is 0. The molecule has 3 heteroatoms. The molecule has 0 aromatic heterocycles. The Morgan fingerprint density at radius 2 is 1.76 bits per heavy atom. The van der Waals surface area contributed by atoms with E-state index in [1.54, 1.807) is 6.07 Å². The van der Waals surface area contributed by atoms with Gasteiger partial charge >= 0.3 is 0 Å². The molecule has 3 nitrogen and oxygen atoms in total. The fourth-order valence-corrected chi connectivity index (χ4v) is 3.91. The van der Waals surface area contributed by atoms with Crippen LogP contribution in [0, 0.1) is 0 Å². The highest BCUT2D eigenvalue weighted by Gasteiger charge is 2.34. The number of phenolic OH excluding ortho intramolecular Hbond substituents is 1. The van der Waals surface area contributed by atoms with Gasteiger partial charge in [-0.3, -0.25) is 9.80 Å². The van der Waals surface area contributed by atoms with Crippen LogP contribution in [0.25, 0.3) is 0 Å². The Bertz CT molecular complexity index is 700. The summed E-state index contributed by atoms with van der Waals surface area (Å²) in [4.78, 5) is 5.05. The summed E-state index contributed by atoms with van der Waals surface area (Å²) in [6, 6.07) is 19.3. The molecule has 1 heterocycles. The topological polar surface area (TPSA) is 26.7 Å². The van der Waals surface area contributed by atoms with Gasteiger partial charge in [0.25, 0.3) is 0 Å². The highest BCUT2D eigenvalue weighted by atomic mass is 16.3. The zero-order chi connectivity index (χ0) is 17.8. The molecule has 1 fully saturated rings. The third-order valence-corrected chi connectivity index (χ3v) is 5.16. The van der Waals surface area contributed by atoms with Gasteiger partial charge in [0, 0.05) is 31.7 Å². The van der Waals surface area contributed by atoms with Gasteiger partial charge in [-0.25, -0.2) is 0 Å². The van der Waals surface area contributed by atoms with Crippen LogP contribution in [0.3, 0.4) is 0 Å². The Kier molecular flexibility index (Phi) is 5.57. The highest BCUT2D eigenvalue weighted by molar-refractivity contribution is 5.36. The minimum Gasteiger partial charge on any atom is -0.508 e. The number of hydrogen-bond acceptors (Lipinski definition) is 3. The molecule has 132 valence electrons. The molecule has 1 saturated heterocycles. The van der Waals surface area contributed by atoms with Crippen LogP contribution < -0.4 is 0 Å². The third kappa shape index (κ3) is 3.94. The molecule has 25 heavy (non-hydrogen) atoms. The molecule has 0 spiro atoms. The molecule has 2 aromatic rings. The first-order valence-corrected chi connectivity index (χ1v) is 9.04. The Morgan fingerprint density at radius 3 is 2.44 bits per heavy atom. The van der Waals surface area contributed by atoms with E-state index in [1.807, 2.05) is 18.2 Å². The predicted octanol–water partition coefficient (Wildman–Crippen LogP) is 4.06. The fourth-order valence-electron chi connectivity index (χ4n) is 3.91. The number of rotatable bonds is 5. The first-order chi connectivity index (χ1) is 12.1. The Morgan fingerprint density at radius 1 is 1.04 bits per heavy atom. The van der Waals surface area contributed by atoms with Gasteiger partial charge in [0.15, 0.2) is 0 Å². The number of nitrogens with zero attached hydrogens (tertiary/aromatic N) is 2. The number of piperazine rings is 1. The lowest BCUT2D eigenvalue weighted by Gasteiger charge is -2.47. The van der Waals surface area contributed by atoms with Crippen molar-refractivity contribution >= 4 is 0 Å². The Balaban J connectivity index is 1.96. The van der Waals surface area contributed by atoms with Gasteiger partial charge < -0.3 is 5.11 Å². The SMILES string of the molecule is C=CCN1C[C@H](C)N(C(c2ccccc2)c2cccc(O)c2)C[C@H]1C. The zero-order valence-corrected chi connectivity index (χ0v) is 15.2. The molecule has 1 unspecified atom stereocenters. The van der Waals surface area contributed by atoms with Crippen LogP contribution in [0.4, 0.5) is 0 Å². The van der Waals surface area contributed by atoms with Crippen molar-refractivity contribution in [2.75, 3.05) is 19.6 Å². The van der Waals surface area contributed by atoms with Gasteiger partial charge in [0.05, 0.1) is 6.04 Å². The van der Waals surface area contributed by atoms with Crippen molar-refractivity contribution in [1.82, 2.24) is 9.80 Å². The van der Waals surface area contributed by atoms with E-state index in [-0.39, 0.29) is 6.04 Å². The monoisotopic (exact) mass is 336 g/mol. The highest BCUT2D eigenvalue weighted by Crippen LogP contribution is 2.34. The predicted molar refractivity (Wildman–Crippen MR) is 104 cm³/mol. The van der Waals surface area contributed by atoms with Crippen molar-refractivity contribution in [3.63, 3.8) is 0 Å². The second-order valence-electron chi connectivity index (χ2n) is 7.05. The molecule has 1 aliphatic rings. The van der Waals surface area contributed by atoms with Crippen LogP contribution in [0.5, 0.6) is 5.75 Å². The van der Waals surface area contributed by atoms with E-state index in [0.717, 1.165) is 25.2 Å². The van der Waals surface area contributed by atoms with Gasteiger partial charge in [0.1, 0.15) is 5.75 Å². The maximum absolute atomic E-state index is 10.00. The summed E-state index contributed by atoms with van der Waals surface area (Å²) >= 11 is 0. The minimum atomic E-state index is 0.150. The van der Waals surface area contributed by atoms with E-state index in [9.17, 15) is 5.11 Å². The van der Waals surface area contributed by atoms with Gasteiger partial charge in [-0.15, -0.1) is 6.58 Å². The maximum Gasteiger partial charge on any atom is 0.115 e. The first kappa shape index (κ1) is 17.7. The first-order valence-electron chi connectivity index (χ1n) is 9.04. The lowest BCUT2D eigenvalue weighted by atomic mass is 9.93. The molecule has 3 atom stereocenters. The van der Waals surface area contributed by atoms with Crippen LogP contribution in [-0.4, -0.2) is 46.6 Å². The van der Waals surface area contributed by atoms with E-state index in [2.05, 4.69) is 66.6 Å². The van der Waals surface area contributed by atoms with Crippen molar-refractivity contribution in [3.8, 4) is 5.75 Å². The van der Waals surface area contributed by atoms with Gasteiger partial charge in [-0.05, 0) is 37.1 Å². The summed E-state index contributed by atoms with van der Waals surface area (Å²) in [5.74, 6) is 0.324. The average molecular weight is 336 g/mol. The van der Waals surface area contributed by atoms with Crippen LogP contribution in [0.2, 0.25) is 0 Å². The summed E-state index contributed by atoms with van der Waals surface area (Å²) in [5, 5.41) is 10.00. The fraction of sp³-hybridized carbons (Fsp3) is 0.364. The molecule has 3 rings (SSSR count). The van der Waals surface area contributed by atoms with Gasteiger partial charge in [-0.1, -0.05) is 48.5 Å². The van der Waals surface area contributed by atoms with Crippen LogP contribution in [-0.2, 0) is 0 Å². The standard InChI is InChI=1S/C22H28N2O/c1-4-13-23-15-18(3)24(16-17(23)2)22(19-9-6-5-7-10-19)20-11-8-12-21(25)14-20/h4-12,14,17-18,22,25H,1,13,15-16H2,2-3H3/t17-,18+,22?/m1/s1. The molecule has 2 aromatic carbocycles. The smallest absolute Gasteiger partial charge is 0.115 e. The lowest BCUT2D eigenvalue weighted by Crippen LogP contribution is -2.57. The summed E-state index contributed by atoms with van der Waals surface area (Å²) in [6.07, 6.45) is 1.99. The van der Waals surface area contributed by atoms with E-state index in [0.29, 0.717) is 17.8 Å². The number of hydrogen-bond donors (Lipinski definition) is 1. The molecule has 0 aliphatic carbocycles. The van der Waals surface area contributed by atoms with Crippen LogP contribution in [0.1, 0.15) is 31.0 Å². The maximum atomic E-state index is 10.00. The molecule has 0 amide bonds. The Hall–Kier alpha value is -2.10. The molecule has 0 saturated carbocycles. The Labute approximate surface area is 151 Å². The normalized spacial score (nSPS) is 23.3. The quantitative estimate of drug-likeness (QED) is 0.834. The molecule has 1 N–H and O–H groups in total. The second-order valence-corrected chi connectivity index (χ2v) is 7.05. The molecule has 1 aliphatic heterocycles. The van der Waals surface area contributed by atoms with E-state index in [1.165, 1.54) is 5.56 Å². The van der Waals surface area contributed by atoms with Crippen molar-refractivity contribution in [3.05, 3.63) is 78.4 Å². The lowest BCUT2D eigenvalue weighted by molar-refractivity contribution is 0.0306. The van der Waals surface area contributed by atoms with Crippen molar-refractivity contribution in [2.24, 2.45) is 0 Å². The van der Waals surface area contributed by atoms with Crippen molar-refractivity contribution in [2.45, 2.75) is 32.0 Å². The van der Waals surface area contributed by atoms with Crippen LogP contribution in [0.15, 0.2) is 67.3 Å². The number of phenols is 1. The third-order valence-electron chi connectivity index (χ3n) is 5.16. The van der Waals surface area contributed by atoms with Gasteiger partial charge in [0.2, 0.25) is 0 Å². The number of benzene rings is 2.